The van der Waals surface area contributed by atoms with Crippen molar-refractivity contribution in [2.45, 2.75) is 0 Å². The molecule has 1 N–H and O–H groups in total. The molecule has 1 aromatic heterocycles. The third-order valence-corrected chi connectivity index (χ3v) is 5.68. The number of nitrogens with one attached hydrogen (secondary N) is 1. The molecular weight excluding hydrogens is 545 g/mol. The summed E-state index contributed by atoms with van der Waals surface area (Å²) in [6.45, 7) is -0.220. The van der Waals surface area contributed by atoms with Crippen molar-refractivity contribution in [2.24, 2.45) is 0 Å². The Bertz CT molecular complexity index is 1300. The van der Waals surface area contributed by atoms with Crippen LogP contribution in [0.1, 0.15) is 16.1 Å². The number of halogens is 2. The van der Waals surface area contributed by atoms with E-state index < -0.39 is 11.7 Å². The van der Waals surface area contributed by atoms with Gasteiger partial charge in [0, 0.05) is 14.5 Å². The van der Waals surface area contributed by atoms with Gasteiger partial charge in [-0.3, -0.25) is 9.59 Å². The number of ether oxygens (including phenoxy) is 2. The van der Waals surface area contributed by atoms with Gasteiger partial charge in [-0.1, -0.05) is 23.7 Å². The lowest BCUT2D eigenvalue weighted by Gasteiger charge is -2.09. The fourth-order valence-electron chi connectivity index (χ4n) is 3.12. The monoisotopic (exact) mass is 561 g/mol. The molecule has 1 heterocycles. The molecule has 0 atom stereocenters. The van der Waals surface area contributed by atoms with E-state index in [0.29, 0.717) is 33.1 Å². The number of furan rings is 1. The second-order valence-corrected chi connectivity index (χ2v) is 8.42. The smallest absolute Gasteiger partial charge is 0.262 e. The van der Waals surface area contributed by atoms with Gasteiger partial charge in [0.05, 0.1) is 17.8 Å². The van der Waals surface area contributed by atoms with Gasteiger partial charge in [0.2, 0.25) is 5.78 Å². The van der Waals surface area contributed by atoms with Crippen LogP contribution in [0.15, 0.2) is 71.1 Å². The molecule has 4 aromatic rings. The number of hydrogen-bond donors (Lipinski definition) is 1. The molecule has 4 rings (SSSR count). The molecule has 0 bridgehead atoms. The molecule has 1 amide bonds. The van der Waals surface area contributed by atoms with Crippen LogP contribution in [0, 0.1) is 3.57 Å². The summed E-state index contributed by atoms with van der Waals surface area (Å²) in [5.41, 5.74) is 1.07. The topological polar surface area (TPSA) is 77.8 Å². The lowest BCUT2D eigenvalue weighted by molar-refractivity contribution is -0.118. The standard InChI is InChI=1S/C24H17ClINO5/c1-30-20-11-6-14(12-18(20)25)23(29)24-22(17-4-2-3-5-19(17)32-24)27-21(28)13-31-16-9-7-15(26)8-10-16/h2-12H,13H2,1H3,(H,27,28). The summed E-state index contributed by atoms with van der Waals surface area (Å²) in [6, 6.07) is 19.1. The van der Waals surface area contributed by atoms with Gasteiger partial charge < -0.3 is 19.2 Å². The first-order valence-corrected chi connectivity index (χ1v) is 11.0. The van der Waals surface area contributed by atoms with Crippen molar-refractivity contribution < 1.29 is 23.5 Å². The molecule has 0 saturated carbocycles. The lowest BCUT2D eigenvalue weighted by atomic mass is 10.1. The zero-order valence-electron chi connectivity index (χ0n) is 16.9. The predicted octanol–water partition coefficient (Wildman–Crippen LogP) is 5.95. The average Bonchev–Trinajstić information content (AvgIpc) is 3.16. The van der Waals surface area contributed by atoms with Crippen LogP contribution in [0.3, 0.4) is 0 Å². The van der Waals surface area contributed by atoms with E-state index >= 15 is 0 Å². The Morgan fingerprint density at radius 2 is 1.81 bits per heavy atom. The Labute approximate surface area is 202 Å². The molecule has 0 aliphatic rings. The Morgan fingerprint density at radius 3 is 2.53 bits per heavy atom. The molecule has 0 aliphatic heterocycles. The highest BCUT2D eigenvalue weighted by atomic mass is 127. The van der Waals surface area contributed by atoms with Crippen LogP contribution in [0.2, 0.25) is 5.02 Å². The quantitative estimate of drug-likeness (QED) is 0.223. The van der Waals surface area contributed by atoms with Gasteiger partial charge in [0.15, 0.2) is 12.4 Å². The van der Waals surface area contributed by atoms with E-state index in [0.717, 1.165) is 3.57 Å². The number of methoxy groups -OCH3 is 1. The number of benzene rings is 3. The molecule has 0 radical (unpaired) electrons. The van der Waals surface area contributed by atoms with Gasteiger partial charge >= 0.3 is 0 Å². The van der Waals surface area contributed by atoms with Crippen LogP contribution in [0.5, 0.6) is 11.5 Å². The molecule has 0 spiro atoms. The van der Waals surface area contributed by atoms with Crippen molar-refractivity contribution in [1.29, 1.82) is 0 Å². The van der Waals surface area contributed by atoms with Crippen LogP contribution < -0.4 is 14.8 Å². The maximum Gasteiger partial charge on any atom is 0.262 e. The van der Waals surface area contributed by atoms with Crippen LogP contribution in [0.4, 0.5) is 5.69 Å². The van der Waals surface area contributed by atoms with Gasteiger partial charge in [0.1, 0.15) is 17.1 Å². The highest BCUT2D eigenvalue weighted by molar-refractivity contribution is 14.1. The highest BCUT2D eigenvalue weighted by Crippen LogP contribution is 2.34. The largest absolute Gasteiger partial charge is 0.495 e. The third-order valence-electron chi connectivity index (χ3n) is 4.66. The summed E-state index contributed by atoms with van der Waals surface area (Å²) in [5, 5.41) is 3.67. The van der Waals surface area contributed by atoms with Crippen molar-refractivity contribution in [1.82, 2.24) is 0 Å². The Hall–Kier alpha value is -3.04. The van der Waals surface area contributed by atoms with Crippen molar-refractivity contribution in [2.75, 3.05) is 19.0 Å². The molecule has 32 heavy (non-hydrogen) atoms. The maximum absolute atomic E-state index is 13.2. The predicted molar refractivity (Wildman–Crippen MR) is 131 cm³/mol. The minimum atomic E-state index is -0.420. The number of amides is 1. The van der Waals surface area contributed by atoms with Gasteiger partial charge in [0.25, 0.3) is 5.91 Å². The first-order chi connectivity index (χ1) is 15.5. The Kier molecular flexibility index (Phi) is 6.66. The zero-order chi connectivity index (χ0) is 22.7. The normalized spacial score (nSPS) is 10.7. The number of rotatable bonds is 7. The van der Waals surface area contributed by atoms with Gasteiger partial charge in [-0.05, 0) is 77.2 Å². The summed E-state index contributed by atoms with van der Waals surface area (Å²) in [7, 11) is 1.49. The number of para-hydroxylation sites is 1. The molecule has 162 valence electrons. The van der Waals surface area contributed by atoms with E-state index in [4.69, 9.17) is 25.5 Å². The fourth-order valence-corrected chi connectivity index (χ4v) is 3.74. The summed E-state index contributed by atoms with van der Waals surface area (Å²) in [4.78, 5) is 25.8. The second-order valence-electron chi connectivity index (χ2n) is 6.77. The van der Waals surface area contributed by atoms with Crippen LogP contribution in [-0.2, 0) is 4.79 Å². The Balaban J connectivity index is 1.61. The number of carbonyl (C=O) groups excluding carboxylic acids is 2. The number of hydrogen-bond acceptors (Lipinski definition) is 5. The molecule has 0 saturated heterocycles. The van der Waals surface area contributed by atoms with Crippen LogP contribution in [0.25, 0.3) is 11.0 Å². The maximum atomic E-state index is 13.2. The summed E-state index contributed by atoms with van der Waals surface area (Å²) < 4.78 is 17.6. The van der Waals surface area contributed by atoms with Crippen molar-refractivity contribution in [3.8, 4) is 11.5 Å². The minimum Gasteiger partial charge on any atom is -0.495 e. The third kappa shape index (κ3) is 4.73. The highest BCUT2D eigenvalue weighted by Gasteiger charge is 2.24. The van der Waals surface area contributed by atoms with E-state index in [1.807, 2.05) is 12.1 Å². The van der Waals surface area contributed by atoms with E-state index in [-0.39, 0.29) is 18.1 Å². The molecule has 3 aromatic carbocycles. The van der Waals surface area contributed by atoms with E-state index in [1.165, 1.54) is 13.2 Å². The van der Waals surface area contributed by atoms with Crippen molar-refractivity contribution >= 4 is 62.5 Å². The van der Waals surface area contributed by atoms with Crippen molar-refractivity contribution in [3.63, 3.8) is 0 Å². The average molecular weight is 562 g/mol. The first-order valence-electron chi connectivity index (χ1n) is 9.54. The fraction of sp³-hybridized carbons (Fsp3) is 0.0833. The lowest BCUT2D eigenvalue weighted by Crippen LogP contribution is -2.21. The van der Waals surface area contributed by atoms with Gasteiger partial charge in [-0.15, -0.1) is 0 Å². The number of carbonyl (C=O) groups is 2. The van der Waals surface area contributed by atoms with E-state index in [1.54, 1.807) is 48.5 Å². The number of anilines is 1. The van der Waals surface area contributed by atoms with Gasteiger partial charge in [-0.2, -0.15) is 0 Å². The van der Waals surface area contributed by atoms with E-state index in [2.05, 4.69) is 27.9 Å². The SMILES string of the molecule is COc1ccc(C(=O)c2oc3ccccc3c2NC(=O)COc2ccc(I)cc2)cc1Cl. The molecule has 0 unspecified atom stereocenters. The zero-order valence-corrected chi connectivity index (χ0v) is 19.8. The minimum absolute atomic E-state index is 0.00930. The van der Waals surface area contributed by atoms with Gasteiger partial charge in [-0.25, -0.2) is 0 Å². The van der Waals surface area contributed by atoms with Crippen LogP contribution >= 0.6 is 34.2 Å². The summed E-state index contributed by atoms with van der Waals surface area (Å²) in [5.74, 6) is 0.197. The number of fused-ring (bicyclic) bond motifs is 1. The molecule has 0 aliphatic carbocycles. The molecule has 6 nitrogen and oxygen atoms in total. The Morgan fingerprint density at radius 1 is 1.06 bits per heavy atom. The molecule has 8 heteroatoms. The van der Waals surface area contributed by atoms with E-state index in [9.17, 15) is 9.59 Å². The van der Waals surface area contributed by atoms with Crippen molar-refractivity contribution in [3.05, 3.63) is 86.6 Å². The second kappa shape index (κ2) is 9.62. The molecular formula is C24H17ClINO5. The first kappa shape index (κ1) is 22.2. The summed E-state index contributed by atoms with van der Waals surface area (Å²) in [6.07, 6.45) is 0. The molecule has 0 fully saturated rings. The number of ketones is 1. The summed E-state index contributed by atoms with van der Waals surface area (Å²) >= 11 is 8.37. The van der Waals surface area contributed by atoms with Crippen LogP contribution in [-0.4, -0.2) is 25.4 Å².